The van der Waals surface area contributed by atoms with Crippen molar-refractivity contribution in [2.75, 3.05) is 5.32 Å². The van der Waals surface area contributed by atoms with E-state index in [2.05, 4.69) is 64.0 Å². The molecule has 0 fully saturated rings. The maximum Gasteiger partial charge on any atom is 0.0671 e. The topological polar surface area (TPSA) is 40.7 Å². The summed E-state index contributed by atoms with van der Waals surface area (Å²) in [7, 11) is 0. The summed E-state index contributed by atoms with van der Waals surface area (Å²) in [5.41, 5.74) is 3.46. The molecule has 0 radical (unpaired) electrons. The fourth-order valence-electron chi connectivity index (χ4n) is 2.76. The van der Waals surface area contributed by atoms with Gasteiger partial charge in [-0.05, 0) is 28.5 Å². The first-order valence-corrected chi connectivity index (χ1v) is 7.04. The molecule has 4 aromatic rings. The van der Waals surface area contributed by atoms with Crippen LogP contribution in [-0.2, 0) is 6.54 Å². The Morgan fingerprint density at radius 1 is 0.857 bits per heavy atom. The minimum Gasteiger partial charge on any atom is -0.380 e. The molecule has 2 N–H and O–H groups in total. The minimum absolute atomic E-state index is 0.797. The monoisotopic (exact) mass is 273 g/mol. The van der Waals surface area contributed by atoms with Crippen LogP contribution in [0.3, 0.4) is 0 Å². The molecule has 0 aliphatic heterocycles. The number of H-pyrrole nitrogens is 1. The van der Waals surface area contributed by atoms with Gasteiger partial charge in [0.1, 0.15) is 0 Å². The molecule has 3 aromatic carbocycles. The number of rotatable bonds is 3. The van der Waals surface area contributed by atoms with E-state index in [1.54, 1.807) is 0 Å². The van der Waals surface area contributed by atoms with Gasteiger partial charge in [-0.25, -0.2) is 0 Å². The van der Waals surface area contributed by atoms with Crippen molar-refractivity contribution in [2.45, 2.75) is 6.54 Å². The van der Waals surface area contributed by atoms with Crippen LogP contribution < -0.4 is 5.32 Å². The lowest BCUT2D eigenvalue weighted by Gasteiger charge is -2.10. The second-order valence-corrected chi connectivity index (χ2v) is 5.13. The Morgan fingerprint density at radius 2 is 1.71 bits per heavy atom. The Bertz CT molecular complexity index is 903. The van der Waals surface area contributed by atoms with Crippen molar-refractivity contribution in [2.24, 2.45) is 0 Å². The maximum absolute atomic E-state index is 4.10. The average molecular weight is 273 g/mol. The third-order valence-corrected chi connectivity index (χ3v) is 3.83. The van der Waals surface area contributed by atoms with Gasteiger partial charge in [0.2, 0.25) is 0 Å². The van der Waals surface area contributed by atoms with Crippen molar-refractivity contribution in [3.63, 3.8) is 0 Å². The van der Waals surface area contributed by atoms with E-state index in [1.165, 1.54) is 16.3 Å². The summed E-state index contributed by atoms with van der Waals surface area (Å²) in [6.45, 7) is 0.797. The van der Waals surface area contributed by atoms with Crippen molar-refractivity contribution in [1.29, 1.82) is 0 Å². The molecule has 1 heterocycles. The van der Waals surface area contributed by atoms with Crippen LogP contribution in [0, 0.1) is 0 Å². The summed E-state index contributed by atoms with van der Waals surface area (Å²) in [4.78, 5) is 0. The van der Waals surface area contributed by atoms with Crippen LogP contribution in [0.4, 0.5) is 5.69 Å². The molecular formula is C18H15N3. The van der Waals surface area contributed by atoms with Gasteiger partial charge in [0.25, 0.3) is 0 Å². The number of aromatic nitrogens is 2. The van der Waals surface area contributed by atoms with E-state index in [-0.39, 0.29) is 0 Å². The standard InChI is InChI=1S/C18H15N3/c1-2-8-15-13(5-1)6-3-7-14(15)11-19-17-9-4-10-18-16(17)12-20-21-18/h1-10,12,19H,11H2,(H,20,21). The number of aromatic amines is 1. The van der Waals surface area contributed by atoms with Crippen molar-refractivity contribution in [1.82, 2.24) is 10.2 Å². The van der Waals surface area contributed by atoms with Crippen LogP contribution in [0.1, 0.15) is 5.56 Å². The third kappa shape index (κ3) is 2.13. The zero-order valence-corrected chi connectivity index (χ0v) is 11.5. The SMILES string of the molecule is c1ccc2c(CNc3cccc4[nH]ncc34)cccc2c1. The molecule has 0 amide bonds. The van der Waals surface area contributed by atoms with Crippen molar-refractivity contribution >= 4 is 27.4 Å². The van der Waals surface area contributed by atoms with Gasteiger partial charge in [-0.2, -0.15) is 5.10 Å². The number of nitrogens with zero attached hydrogens (tertiary/aromatic N) is 1. The summed E-state index contributed by atoms with van der Waals surface area (Å²) in [5.74, 6) is 0. The van der Waals surface area contributed by atoms with Gasteiger partial charge in [-0.15, -0.1) is 0 Å². The maximum atomic E-state index is 4.10. The van der Waals surface area contributed by atoms with Gasteiger partial charge < -0.3 is 5.32 Å². The summed E-state index contributed by atoms with van der Waals surface area (Å²) in [6.07, 6.45) is 1.86. The normalized spacial score (nSPS) is 11.0. The van der Waals surface area contributed by atoms with Gasteiger partial charge in [-0.3, -0.25) is 5.10 Å². The van der Waals surface area contributed by atoms with Crippen LogP contribution in [-0.4, -0.2) is 10.2 Å². The van der Waals surface area contributed by atoms with Crippen molar-refractivity contribution in [3.8, 4) is 0 Å². The van der Waals surface area contributed by atoms with Gasteiger partial charge in [0.05, 0.1) is 11.7 Å². The Kier molecular flexibility index (Phi) is 2.82. The quantitative estimate of drug-likeness (QED) is 0.583. The van der Waals surface area contributed by atoms with Gasteiger partial charge >= 0.3 is 0 Å². The third-order valence-electron chi connectivity index (χ3n) is 3.83. The molecule has 0 aliphatic rings. The van der Waals surface area contributed by atoms with Crippen LogP contribution >= 0.6 is 0 Å². The Balaban J connectivity index is 1.68. The van der Waals surface area contributed by atoms with Gasteiger partial charge in [0, 0.05) is 17.6 Å². The van der Waals surface area contributed by atoms with Crippen molar-refractivity contribution < 1.29 is 0 Å². The molecule has 0 bridgehead atoms. The Labute approximate surface area is 122 Å². The van der Waals surface area contributed by atoms with E-state index in [0.29, 0.717) is 0 Å². The first-order valence-electron chi connectivity index (χ1n) is 7.04. The number of hydrogen-bond acceptors (Lipinski definition) is 2. The van der Waals surface area contributed by atoms with E-state index in [4.69, 9.17) is 0 Å². The fourth-order valence-corrected chi connectivity index (χ4v) is 2.76. The Morgan fingerprint density at radius 3 is 2.71 bits per heavy atom. The second kappa shape index (κ2) is 4.94. The average Bonchev–Trinajstić information content (AvgIpc) is 3.02. The zero-order chi connectivity index (χ0) is 14.1. The molecule has 0 atom stereocenters. The largest absolute Gasteiger partial charge is 0.380 e. The fraction of sp³-hybridized carbons (Fsp3) is 0.0556. The number of fused-ring (bicyclic) bond motifs is 2. The highest BCUT2D eigenvalue weighted by Gasteiger charge is 2.04. The van der Waals surface area contributed by atoms with E-state index in [1.807, 2.05) is 18.3 Å². The molecule has 3 heteroatoms. The predicted octanol–water partition coefficient (Wildman–Crippen LogP) is 4.33. The molecule has 0 saturated heterocycles. The minimum atomic E-state index is 0.797. The van der Waals surface area contributed by atoms with Crippen LogP contribution in [0.2, 0.25) is 0 Å². The van der Waals surface area contributed by atoms with Gasteiger partial charge in [0.15, 0.2) is 0 Å². The molecule has 0 saturated carbocycles. The van der Waals surface area contributed by atoms with Gasteiger partial charge in [-0.1, -0.05) is 48.5 Å². The molecule has 1 aromatic heterocycles. The van der Waals surface area contributed by atoms with E-state index in [9.17, 15) is 0 Å². The number of hydrogen-bond donors (Lipinski definition) is 2. The predicted molar refractivity (Wildman–Crippen MR) is 87.4 cm³/mol. The number of benzene rings is 3. The molecule has 102 valence electrons. The summed E-state index contributed by atoms with van der Waals surface area (Å²) in [5, 5.41) is 14.3. The lowest BCUT2D eigenvalue weighted by atomic mass is 10.0. The smallest absolute Gasteiger partial charge is 0.0671 e. The lowest BCUT2D eigenvalue weighted by Crippen LogP contribution is -2.00. The molecule has 4 rings (SSSR count). The first-order chi connectivity index (χ1) is 10.4. The molecule has 3 nitrogen and oxygen atoms in total. The highest BCUT2D eigenvalue weighted by atomic mass is 15.1. The summed E-state index contributed by atoms with van der Waals surface area (Å²) < 4.78 is 0. The van der Waals surface area contributed by atoms with E-state index >= 15 is 0 Å². The number of nitrogens with one attached hydrogen (secondary N) is 2. The zero-order valence-electron chi connectivity index (χ0n) is 11.5. The second-order valence-electron chi connectivity index (χ2n) is 5.13. The summed E-state index contributed by atoms with van der Waals surface area (Å²) in [6, 6.07) is 21.1. The first kappa shape index (κ1) is 12.0. The highest BCUT2D eigenvalue weighted by Crippen LogP contribution is 2.23. The highest BCUT2D eigenvalue weighted by molar-refractivity contribution is 5.91. The molecule has 21 heavy (non-hydrogen) atoms. The molecule has 0 unspecified atom stereocenters. The van der Waals surface area contributed by atoms with E-state index < -0.39 is 0 Å². The molecule has 0 aliphatic carbocycles. The number of anilines is 1. The molecular weight excluding hydrogens is 258 g/mol. The lowest BCUT2D eigenvalue weighted by molar-refractivity contribution is 1.12. The van der Waals surface area contributed by atoms with E-state index in [0.717, 1.165) is 23.1 Å². The Hall–Kier alpha value is -2.81. The molecule has 0 spiro atoms. The van der Waals surface area contributed by atoms with Crippen molar-refractivity contribution in [3.05, 3.63) is 72.4 Å². The van der Waals surface area contributed by atoms with Crippen LogP contribution in [0.5, 0.6) is 0 Å². The van der Waals surface area contributed by atoms with Crippen LogP contribution in [0.15, 0.2) is 66.9 Å². The van der Waals surface area contributed by atoms with Crippen LogP contribution in [0.25, 0.3) is 21.7 Å². The summed E-state index contributed by atoms with van der Waals surface area (Å²) >= 11 is 0.